The van der Waals surface area contributed by atoms with Gasteiger partial charge in [-0.3, -0.25) is 9.48 Å². The van der Waals surface area contributed by atoms with E-state index in [1.54, 1.807) is 12.1 Å². The van der Waals surface area contributed by atoms with E-state index in [-0.39, 0.29) is 5.91 Å². The van der Waals surface area contributed by atoms with Crippen molar-refractivity contribution in [2.75, 3.05) is 6.54 Å². The Bertz CT molecular complexity index is 634. The second-order valence-electron chi connectivity index (χ2n) is 5.82. The van der Waals surface area contributed by atoms with Crippen molar-refractivity contribution in [3.63, 3.8) is 0 Å². The van der Waals surface area contributed by atoms with E-state index in [4.69, 9.17) is 11.6 Å². The highest BCUT2D eigenvalue weighted by Gasteiger charge is 2.09. The van der Waals surface area contributed by atoms with Crippen molar-refractivity contribution in [2.24, 2.45) is 5.92 Å². The van der Waals surface area contributed by atoms with Crippen LogP contribution in [0.25, 0.3) is 0 Å². The average molecular weight is 320 g/mol. The first kappa shape index (κ1) is 16.6. The minimum atomic E-state index is 0.0301. The number of amides is 1. The fraction of sp³-hybridized carbons (Fsp3) is 0.412. The standard InChI is InChI=1S/C17H22ClN3O/c1-12(11-21-14(3)8-13(2)20-21)10-19-17(22)9-15-4-6-16(18)7-5-15/h4-8,12H,9-11H2,1-3H3,(H,19,22)/t12-/m1/s1. The molecule has 2 rings (SSSR count). The van der Waals surface area contributed by atoms with Gasteiger partial charge >= 0.3 is 0 Å². The van der Waals surface area contributed by atoms with Gasteiger partial charge in [0.05, 0.1) is 12.1 Å². The van der Waals surface area contributed by atoms with E-state index >= 15 is 0 Å². The SMILES string of the molecule is Cc1cc(C)n(C[C@H](C)CNC(=O)Cc2ccc(Cl)cc2)n1. The zero-order chi connectivity index (χ0) is 16.1. The van der Waals surface area contributed by atoms with Gasteiger partial charge in [0.2, 0.25) is 5.91 Å². The Labute approximate surface area is 136 Å². The van der Waals surface area contributed by atoms with Crippen LogP contribution in [0, 0.1) is 19.8 Å². The number of halogens is 1. The molecule has 0 radical (unpaired) electrons. The molecule has 118 valence electrons. The molecule has 1 heterocycles. The van der Waals surface area contributed by atoms with Crippen molar-refractivity contribution in [3.05, 3.63) is 52.3 Å². The molecule has 4 nitrogen and oxygen atoms in total. The van der Waals surface area contributed by atoms with Crippen LogP contribution in [0.5, 0.6) is 0 Å². The maximum absolute atomic E-state index is 12.0. The Balaban J connectivity index is 1.78. The second-order valence-corrected chi connectivity index (χ2v) is 6.26. The Hall–Kier alpha value is -1.81. The van der Waals surface area contributed by atoms with Crippen molar-refractivity contribution in [1.29, 1.82) is 0 Å². The van der Waals surface area contributed by atoms with E-state index in [2.05, 4.69) is 23.4 Å². The molecule has 2 aromatic rings. The Kier molecular flexibility index (Phi) is 5.61. The van der Waals surface area contributed by atoms with Crippen molar-refractivity contribution in [1.82, 2.24) is 15.1 Å². The molecule has 1 amide bonds. The van der Waals surface area contributed by atoms with Gasteiger partial charge in [0.1, 0.15) is 0 Å². The number of nitrogens with zero attached hydrogens (tertiary/aromatic N) is 2. The summed E-state index contributed by atoms with van der Waals surface area (Å²) in [6.07, 6.45) is 0.379. The fourth-order valence-corrected chi connectivity index (χ4v) is 2.48. The molecule has 0 bridgehead atoms. The normalized spacial score (nSPS) is 12.2. The summed E-state index contributed by atoms with van der Waals surface area (Å²) in [7, 11) is 0. The molecule has 1 N–H and O–H groups in total. The lowest BCUT2D eigenvalue weighted by Gasteiger charge is -2.14. The van der Waals surface area contributed by atoms with Gasteiger partial charge in [0.15, 0.2) is 0 Å². The van der Waals surface area contributed by atoms with E-state index in [9.17, 15) is 4.79 Å². The summed E-state index contributed by atoms with van der Waals surface area (Å²) in [6.45, 7) is 7.60. The number of carbonyl (C=O) groups is 1. The molecule has 1 aromatic carbocycles. The summed E-state index contributed by atoms with van der Waals surface area (Å²) < 4.78 is 1.99. The zero-order valence-electron chi connectivity index (χ0n) is 13.3. The number of nitrogens with one attached hydrogen (secondary N) is 1. The van der Waals surface area contributed by atoms with Crippen LogP contribution in [-0.4, -0.2) is 22.2 Å². The molecule has 0 aliphatic carbocycles. The monoisotopic (exact) mass is 319 g/mol. The Morgan fingerprint density at radius 3 is 2.59 bits per heavy atom. The van der Waals surface area contributed by atoms with Gasteiger partial charge in [0.25, 0.3) is 0 Å². The van der Waals surface area contributed by atoms with Crippen LogP contribution in [0.4, 0.5) is 0 Å². The van der Waals surface area contributed by atoms with Crippen LogP contribution in [0.2, 0.25) is 5.02 Å². The van der Waals surface area contributed by atoms with Gasteiger partial charge in [-0.1, -0.05) is 30.7 Å². The number of aromatic nitrogens is 2. The Morgan fingerprint density at radius 2 is 2.00 bits per heavy atom. The first-order valence-electron chi connectivity index (χ1n) is 7.46. The van der Waals surface area contributed by atoms with Crippen LogP contribution in [-0.2, 0) is 17.8 Å². The number of hydrogen-bond acceptors (Lipinski definition) is 2. The highest BCUT2D eigenvalue weighted by molar-refractivity contribution is 6.30. The third-order valence-electron chi connectivity index (χ3n) is 3.51. The molecule has 0 saturated heterocycles. The maximum atomic E-state index is 12.0. The molecule has 0 aliphatic rings. The smallest absolute Gasteiger partial charge is 0.224 e. The number of hydrogen-bond donors (Lipinski definition) is 1. The number of rotatable bonds is 6. The van der Waals surface area contributed by atoms with Crippen molar-refractivity contribution >= 4 is 17.5 Å². The second kappa shape index (κ2) is 7.45. The molecule has 0 unspecified atom stereocenters. The number of benzene rings is 1. The van der Waals surface area contributed by atoms with Crippen LogP contribution in [0.15, 0.2) is 30.3 Å². The van der Waals surface area contributed by atoms with Crippen LogP contribution >= 0.6 is 11.6 Å². The van der Waals surface area contributed by atoms with E-state index in [1.807, 2.05) is 30.7 Å². The minimum absolute atomic E-state index is 0.0301. The van der Waals surface area contributed by atoms with E-state index < -0.39 is 0 Å². The first-order valence-corrected chi connectivity index (χ1v) is 7.84. The highest BCUT2D eigenvalue weighted by atomic mass is 35.5. The molecule has 1 atom stereocenters. The summed E-state index contributed by atoms with van der Waals surface area (Å²) in [5, 5.41) is 8.11. The van der Waals surface area contributed by atoms with Crippen molar-refractivity contribution in [2.45, 2.75) is 33.7 Å². The molecule has 1 aromatic heterocycles. The van der Waals surface area contributed by atoms with E-state index in [0.29, 0.717) is 23.9 Å². The van der Waals surface area contributed by atoms with Crippen LogP contribution in [0.3, 0.4) is 0 Å². The molecule has 0 aliphatic heterocycles. The molecular formula is C17H22ClN3O. The number of aryl methyl sites for hydroxylation is 2. The number of carbonyl (C=O) groups excluding carboxylic acids is 1. The van der Waals surface area contributed by atoms with Gasteiger partial charge in [0, 0.05) is 23.8 Å². The quantitative estimate of drug-likeness (QED) is 0.889. The lowest BCUT2D eigenvalue weighted by atomic mass is 10.1. The van der Waals surface area contributed by atoms with Gasteiger partial charge in [-0.25, -0.2) is 0 Å². The van der Waals surface area contributed by atoms with Crippen molar-refractivity contribution < 1.29 is 4.79 Å². The largest absolute Gasteiger partial charge is 0.355 e. The van der Waals surface area contributed by atoms with Gasteiger partial charge in [-0.15, -0.1) is 0 Å². The molecule has 5 heteroatoms. The molecule has 0 fully saturated rings. The van der Waals surface area contributed by atoms with Gasteiger partial charge < -0.3 is 5.32 Å². The summed E-state index contributed by atoms with van der Waals surface area (Å²) in [4.78, 5) is 12.0. The van der Waals surface area contributed by atoms with Gasteiger partial charge in [-0.05, 0) is 43.5 Å². The third-order valence-corrected chi connectivity index (χ3v) is 3.77. The summed E-state index contributed by atoms with van der Waals surface area (Å²) >= 11 is 5.83. The van der Waals surface area contributed by atoms with E-state index in [1.165, 1.54) is 0 Å². The predicted molar refractivity (Wildman–Crippen MR) is 89.0 cm³/mol. The lowest BCUT2D eigenvalue weighted by Crippen LogP contribution is -2.31. The summed E-state index contributed by atoms with van der Waals surface area (Å²) in [5.41, 5.74) is 3.14. The molecule has 0 saturated carbocycles. The lowest BCUT2D eigenvalue weighted by molar-refractivity contribution is -0.120. The maximum Gasteiger partial charge on any atom is 0.224 e. The summed E-state index contributed by atoms with van der Waals surface area (Å²) in [6, 6.07) is 9.42. The average Bonchev–Trinajstić information content (AvgIpc) is 2.77. The molecule has 0 spiro atoms. The summed E-state index contributed by atoms with van der Waals surface area (Å²) in [5.74, 6) is 0.356. The molecule has 22 heavy (non-hydrogen) atoms. The first-order chi connectivity index (χ1) is 10.4. The van der Waals surface area contributed by atoms with Crippen molar-refractivity contribution in [3.8, 4) is 0 Å². The minimum Gasteiger partial charge on any atom is -0.355 e. The van der Waals surface area contributed by atoms with Crippen LogP contribution < -0.4 is 5.32 Å². The zero-order valence-corrected chi connectivity index (χ0v) is 14.0. The van der Waals surface area contributed by atoms with E-state index in [0.717, 1.165) is 23.5 Å². The third kappa shape index (κ3) is 4.88. The fourth-order valence-electron chi connectivity index (χ4n) is 2.36. The molecular weight excluding hydrogens is 298 g/mol. The van der Waals surface area contributed by atoms with Crippen LogP contribution in [0.1, 0.15) is 23.9 Å². The topological polar surface area (TPSA) is 46.9 Å². The highest BCUT2D eigenvalue weighted by Crippen LogP contribution is 2.10. The predicted octanol–water partition coefficient (Wildman–Crippen LogP) is 3.15. The van der Waals surface area contributed by atoms with Gasteiger partial charge in [-0.2, -0.15) is 5.10 Å². The Morgan fingerprint density at radius 1 is 1.32 bits per heavy atom.